The molecule has 1 aromatic carbocycles. The highest BCUT2D eigenvalue weighted by atomic mass is 32.1. The van der Waals surface area contributed by atoms with Crippen molar-refractivity contribution in [1.29, 1.82) is 0 Å². The summed E-state index contributed by atoms with van der Waals surface area (Å²) in [5.41, 5.74) is 0.905. The van der Waals surface area contributed by atoms with Gasteiger partial charge >= 0.3 is 0 Å². The molecule has 0 aliphatic rings. The van der Waals surface area contributed by atoms with E-state index in [0.29, 0.717) is 5.69 Å². The molecular formula is C14H16FN3OS. The zero-order chi connectivity index (χ0) is 14.5. The second-order valence-corrected chi connectivity index (χ2v) is 5.62. The Labute approximate surface area is 121 Å². The Morgan fingerprint density at radius 2 is 2.15 bits per heavy atom. The van der Waals surface area contributed by atoms with E-state index in [1.807, 2.05) is 24.4 Å². The normalized spacial score (nSPS) is 10.8. The summed E-state index contributed by atoms with van der Waals surface area (Å²) >= 11 is 1.52. The van der Waals surface area contributed by atoms with E-state index in [0.717, 1.165) is 11.6 Å². The van der Waals surface area contributed by atoms with Gasteiger partial charge in [-0.2, -0.15) is 0 Å². The number of halogens is 1. The van der Waals surface area contributed by atoms with Crippen LogP contribution in [0.2, 0.25) is 0 Å². The van der Waals surface area contributed by atoms with Gasteiger partial charge in [-0.1, -0.05) is 12.1 Å². The van der Waals surface area contributed by atoms with Crippen molar-refractivity contribution in [3.63, 3.8) is 0 Å². The van der Waals surface area contributed by atoms with Crippen LogP contribution < -0.4 is 5.32 Å². The number of rotatable bonds is 5. The number of hydrogen-bond acceptors (Lipinski definition) is 4. The highest BCUT2D eigenvalue weighted by Gasteiger charge is 2.10. The third-order valence-corrected chi connectivity index (χ3v) is 3.42. The second kappa shape index (κ2) is 6.58. The molecule has 2 aromatic rings. The zero-order valence-corrected chi connectivity index (χ0v) is 12.2. The Kier molecular flexibility index (Phi) is 4.81. The first-order valence-electron chi connectivity index (χ1n) is 6.17. The first-order chi connectivity index (χ1) is 9.54. The predicted octanol–water partition coefficient (Wildman–Crippen LogP) is 2.53. The van der Waals surface area contributed by atoms with Crippen molar-refractivity contribution in [3.8, 4) is 0 Å². The Hall–Kier alpha value is -1.79. The molecule has 0 aliphatic carbocycles. The first kappa shape index (κ1) is 14.6. The number of carbonyl (C=O) groups is 1. The average Bonchev–Trinajstić information content (AvgIpc) is 2.78. The van der Waals surface area contributed by atoms with E-state index in [1.54, 1.807) is 12.1 Å². The van der Waals surface area contributed by atoms with Crippen molar-refractivity contribution in [2.24, 2.45) is 0 Å². The predicted molar refractivity (Wildman–Crippen MR) is 78.2 cm³/mol. The number of aromatic nitrogens is 1. The minimum Gasteiger partial charge on any atom is -0.323 e. The van der Waals surface area contributed by atoms with E-state index < -0.39 is 5.82 Å². The van der Waals surface area contributed by atoms with Crippen LogP contribution in [-0.4, -0.2) is 29.9 Å². The van der Waals surface area contributed by atoms with Crippen LogP contribution in [0.5, 0.6) is 0 Å². The minimum absolute atomic E-state index is 0.151. The van der Waals surface area contributed by atoms with Gasteiger partial charge in [0, 0.05) is 11.9 Å². The average molecular weight is 293 g/mol. The highest BCUT2D eigenvalue weighted by molar-refractivity contribution is 7.09. The van der Waals surface area contributed by atoms with E-state index in [-0.39, 0.29) is 18.0 Å². The Morgan fingerprint density at radius 3 is 2.85 bits per heavy atom. The number of para-hydroxylation sites is 1. The fourth-order valence-electron chi connectivity index (χ4n) is 1.69. The van der Waals surface area contributed by atoms with Crippen LogP contribution >= 0.6 is 11.3 Å². The van der Waals surface area contributed by atoms with Gasteiger partial charge in [0.2, 0.25) is 5.91 Å². The van der Waals surface area contributed by atoms with Gasteiger partial charge in [-0.3, -0.25) is 4.79 Å². The SMILES string of the molecule is CN(C)Cc1nc(CC(=O)Nc2ccccc2F)cs1. The van der Waals surface area contributed by atoms with Crippen LogP contribution in [0.3, 0.4) is 0 Å². The van der Waals surface area contributed by atoms with Crippen molar-refractivity contribution >= 4 is 22.9 Å². The molecule has 1 N–H and O–H groups in total. The van der Waals surface area contributed by atoms with Gasteiger partial charge in [0.25, 0.3) is 0 Å². The quantitative estimate of drug-likeness (QED) is 0.921. The van der Waals surface area contributed by atoms with Crippen LogP contribution in [0.25, 0.3) is 0 Å². The van der Waals surface area contributed by atoms with Crippen molar-refractivity contribution in [3.05, 3.63) is 46.2 Å². The fraction of sp³-hybridized carbons (Fsp3) is 0.286. The molecular weight excluding hydrogens is 277 g/mol. The molecule has 0 saturated carbocycles. The number of benzene rings is 1. The number of nitrogens with zero attached hydrogens (tertiary/aromatic N) is 2. The Balaban J connectivity index is 1.95. The number of thiazole rings is 1. The monoisotopic (exact) mass is 293 g/mol. The van der Waals surface area contributed by atoms with Crippen LogP contribution in [0.1, 0.15) is 10.7 Å². The second-order valence-electron chi connectivity index (χ2n) is 4.68. The topological polar surface area (TPSA) is 45.2 Å². The van der Waals surface area contributed by atoms with Gasteiger partial charge in [0.1, 0.15) is 10.8 Å². The van der Waals surface area contributed by atoms with Gasteiger partial charge in [-0.15, -0.1) is 11.3 Å². The number of nitrogens with one attached hydrogen (secondary N) is 1. The molecule has 4 nitrogen and oxygen atoms in total. The standard InChI is InChI=1S/C14H16FN3OS/c1-18(2)8-14-16-10(9-20-14)7-13(19)17-12-6-4-3-5-11(12)15/h3-6,9H,7-8H2,1-2H3,(H,17,19). The molecule has 1 heterocycles. The zero-order valence-electron chi connectivity index (χ0n) is 11.4. The molecule has 6 heteroatoms. The molecule has 0 fully saturated rings. The molecule has 0 spiro atoms. The maximum atomic E-state index is 13.4. The molecule has 2 rings (SSSR count). The van der Waals surface area contributed by atoms with E-state index in [2.05, 4.69) is 10.3 Å². The molecule has 1 amide bonds. The van der Waals surface area contributed by atoms with E-state index in [9.17, 15) is 9.18 Å². The van der Waals surface area contributed by atoms with Gasteiger partial charge in [-0.25, -0.2) is 9.37 Å². The number of amides is 1. The molecule has 0 aliphatic heterocycles. The highest BCUT2D eigenvalue weighted by Crippen LogP contribution is 2.15. The maximum Gasteiger partial charge on any atom is 0.230 e. The van der Waals surface area contributed by atoms with Crippen molar-refractivity contribution in [1.82, 2.24) is 9.88 Å². The van der Waals surface area contributed by atoms with Gasteiger partial charge < -0.3 is 10.2 Å². The summed E-state index contributed by atoms with van der Waals surface area (Å²) in [4.78, 5) is 18.2. The number of carbonyl (C=O) groups excluding carboxylic acids is 1. The first-order valence-corrected chi connectivity index (χ1v) is 7.05. The summed E-state index contributed by atoms with van der Waals surface area (Å²) in [5, 5.41) is 5.37. The Bertz CT molecular complexity index is 598. The molecule has 20 heavy (non-hydrogen) atoms. The van der Waals surface area contributed by atoms with E-state index in [4.69, 9.17) is 0 Å². The summed E-state index contributed by atoms with van der Waals surface area (Å²) in [7, 11) is 3.93. The minimum atomic E-state index is -0.438. The van der Waals surface area contributed by atoms with Crippen LogP contribution in [0.4, 0.5) is 10.1 Å². The van der Waals surface area contributed by atoms with Crippen molar-refractivity contribution in [2.75, 3.05) is 19.4 Å². The maximum absolute atomic E-state index is 13.4. The molecule has 0 bridgehead atoms. The summed E-state index contributed by atoms with van der Waals surface area (Å²) in [6.07, 6.45) is 0.151. The van der Waals surface area contributed by atoms with E-state index in [1.165, 1.54) is 23.5 Å². The number of hydrogen-bond donors (Lipinski definition) is 1. The lowest BCUT2D eigenvalue weighted by Gasteiger charge is -2.06. The van der Waals surface area contributed by atoms with Crippen LogP contribution in [-0.2, 0) is 17.8 Å². The van der Waals surface area contributed by atoms with Crippen molar-refractivity contribution < 1.29 is 9.18 Å². The fourth-order valence-corrected chi connectivity index (χ4v) is 2.61. The third-order valence-electron chi connectivity index (χ3n) is 2.54. The third kappa shape index (κ3) is 4.11. The smallest absolute Gasteiger partial charge is 0.230 e. The van der Waals surface area contributed by atoms with E-state index >= 15 is 0 Å². The van der Waals surface area contributed by atoms with Crippen LogP contribution in [0, 0.1) is 5.82 Å². The lowest BCUT2D eigenvalue weighted by atomic mass is 10.2. The summed E-state index contributed by atoms with van der Waals surface area (Å²) in [6.45, 7) is 0.750. The lowest BCUT2D eigenvalue weighted by Crippen LogP contribution is -2.16. The molecule has 0 saturated heterocycles. The molecule has 106 valence electrons. The molecule has 0 atom stereocenters. The van der Waals surface area contributed by atoms with Gasteiger partial charge in [0.05, 0.1) is 17.8 Å². The number of anilines is 1. The summed E-state index contributed by atoms with van der Waals surface area (Å²) in [5.74, 6) is -0.704. The lowest BCUT2D eigenvalue weighted by molar-refractivity contribution is -0.115. The summed E-state index contributed by atoms with van der Waals surface area (Å²) < 4.78 is 13.4. The molecule has 0 unspecified atom stereocenters. The van der Waals surface area contributed by atoms with Crippen LogP contribution in [0.15, 0.2) is 29.6 Å². The molecule has 0 radical (unpaired) electrons. The molecule has 1 aromatic heterocycles. The van der Waals surface area contributed by atoms with Gasteiger partial charge in [-0.05, 0) is 26.2 Å². The summed E-state index contributed by atoms with van der Waals surface area (Å²) in [6, 6.07) is 6.11. The largest absolute Gasteiger partial charge is 0.323 e. The van der Waals surface area contributed by atoms with Crippen molar-refractivity contribution in [2.45, 2.75) is 13.0 Å². The Morgan fingerprint density at radius 1 is 1.40 bits per heavy atom. The van der Waals surface area contributed by atoms with Gasteiger partial charge in [0.15, 0.2) is 0 Å².